The summed E-state index contributed by atoms with van der Waals surface area (Å²) in [6.45, 7) is 2.21. The summed E-state index contributed by atoms with van der Waals surface area (Å²) >= 11 is 0. The predicted octanol–water partition coefficient (Wildman–Crippen LogP) is 3.45. The Morgan fingerprint density at radius 2 is 1.86 bits per heavy atom. The average molecular weight is 398 g/mol. The van der Waals surface area contributed by atoms with Gasteiger partial charge in [0, 0.05) is 43.0 Å². The van der Waals surface area contributed by atoms with Crippen LogP contribution in [0.2, 0.25) is 0 Å². The average Bonchev–Trinajstić information content (AvgIpc) is 2.59. The van der Waals surface area contributed by atoms with Gasteiger partial charge in [-0.15, -0.1) is 0 Å². The van der Waals surface area contributed by atoms with Crippen molar-refractivity contribution in [2.45, 2.75) is 25.4 Å². The lowest BCUT2D eigenvalue weighted by Gasteiger charge is -2.54. The van der Waals surface area contributed by atoms with E-state index in [1.54, 1.807) is 0 Å². The lowest BCUT2D eigenvalue weighted by molar-refractivity contribution is -0.127. The highest BCUT2D eigenvalue weighted by Crippen LogP contribution is 2.43. The fraction of sp³-hybridized carbons (Fsp3) is 0.500. The number of alkyl halides is 3. The number of carboxylic acid groups (broad SMARTS) is 1. The molecule has 6 nitrogen and oxygen atoms in total. The van der Waals surface area contributed by atoms with Crippen LogP contribution in [0.25, 0.3) is 10.9 Å². The van der Waals surface area contributed by atoms with Gasteiger partial charge in [-0.2, -0.15) is 13.2 Å². The summed E-state index contributed by atoms with van der Waals surface area (Å²) in [7, 11) is 0. The lowest BCUT2D eigenvalue weighted by atomic mass is 9.72. The quantitative estimate of drug-likeness (QED) is 0.785. The van der Waals surface area contributed by atoms with Gasteiger partial charge in [0.15, 0.2) is 0 Å². The van der Waals surface area contributed by atoms with Gasteiger partial charge < -0.3 is 14.9 Å². The molecule has 0 radical (unpaired) electrons. The Hall–Kier alpha value is -2.65. The molecule has 3 heterocycles. The van der Waals surface area contributed by atoms with E-state index in [4.69, 9.17) is 5.11 Å². The molecule has 4 rings (SSSR count). The second-order valence-corrected chi connectivity index (χ2v) is 7.58. The monoisotopic (exact) mass is 398 g/mol. The van der Waals surface area contributed by atoms with Gasteiger partial charge in [0.05, 0.1) is 11.9 Å². The number of nitrogens with zero attached hydrogens (tertiary/aromatic N) is 4. The van der Waals surface area contributed by atoms with E-state index in [1.165, 1.54) is 17.3 Å². The molecule has 2 aromatic rings. The molecule has 28 heavy (non-hydrogen) atoms. The molecule has 0 atom stereocenters. The van der Waals surface area contributed by atoms with E-state index in [0.717, 1.165) is 18.9 Å². The Morgan fingerprint density at radius 3 is 2.46 bits per heavy atom. The van der Waals surface area contributed by atoms with Crippen LogP contribution in [0.15, 0.2) is 18.5 Å². The van der Waals surface area contributed by atoms with Crippen LogP contribution < -0.4 is 4.90 Å². The molecule has 0 bridgehead atoms. The van der Waals surface area contributed by atoms with Crippen molar-refractivity contribution in [1.82, 2.24) is 14.9 Å². The molecule has 1 aromatic carbocycles. The van der Waals surface area contributed by atoms with Crippen LogP contribution in [0.1, 0.15) is 18.4 Å². The van der Waals surface area contributed by atoms with Crippen molar-refractivity contribution in [3.63, 3.8) is 0 Å². The van der Waals surface area contributed by atoms with Crippen molar-refractivity contribution in [1.29, 1.82) is 0 Å². The maximum atomic E-state index is 14.0. The number of aromatic nitrogens is 2. The summed E-state index contributed by atoms with van der Waals surface area (Å²) in [4.78, 5) is 22.6. The zero-order valence-corrected chi connectivity index (χ0v) is 14.8. The van der Waals surface area contributed by atoms with Crippen LogP contribution in [0.5, 0.6) is 0 Å². The summed E-state index contributed by atoms with van der Waals surface area (Å²) in [5, 5.41) is 9.45. The molecule has 150 valence electrons. The maximum Gasteiger partial charge on any atom is 0.407 e. The Morgan fingerprint density at radius 1 is 1.18 bits per heavy atom. The molecule has 0 saturated carbocycles. The van der Waals surface area contributed by atoms with Gasteiger partial charge in [0.2, 0.25) is 0 Å². The Labute approximate surface area is 157 Å². The summed E-state index contributed by atoms with van der Waals surface area (Å²) in [6.07, 6.45) is -4.05. The largest absolute Gasteiger partial charge is 0.465 e. The third-order valence-electron chi connectivity index (χ3n) is 5.62. The standard InChI is InChI=1S/C18H18F4N4O2/c19-13-6-14-12(5-11(13)7-18(20,21)22)15(24-10-23-14)26-8-17(9-26)1-3-25(4-2-17)16(27)28/h5-6,10H,1-4,7-9H2,(H,27,28). The number of benzene rings is 1. The second kappa shape index (κ2) is 6.46. The number of rotatable bonds is 2. The zero-order chi connectivity index (χ0) is 20.1. The minimum Gasteiger partial charge on any atom is -0.465 e. The summed E-state index contributed by atoms with van der Waals surface area (Å²) in [5.41, 5.74) is -0.186. The molecule has 1 spiro atoms. The van der Waals surface area contributed by atoms with Gasteiger partial charge in [-0.25, -0.2) is 19.2 Å². The van der Waals surface area contributed by atoms with Crippen molar-refractivity contribution in [3.05, 3.63) is 29.8 Å². The molecule has 0 unspecified atom stereocenters. The van der Waals surface area contributed by atoms with E-state index in [-0.39, 0.29) is 10.9 Å². The van der Waals surface area contributed by atoms with Crippen molar-refractivity contribution in [2.24, 2.45) is 5.41 Å². The van der Waals surface area contributed by atoms with E-state index < -0.39 is 30.1 Å². The lowest BCUT2D eigenvalue weighted by Crippen LogP contribution is -2.61. The molecule has 1 aromatic heterocycles. The zero-order valence-electron chi connectivity index (χ0n) is 14.8. The van der Waals surface area contributed by atoms with Crippen LogP contribution >= 0.6 is 0 Å². The molecule has 0 aliphatic carbocycles. The van der Waals surface area contributed by atoms with Crippen molar-refractivity contribution < 1.29 is 27.5 Å². The van der Waals surface area contributed by atoms with Gasteiger partial charge in [-0.1, -0.05) is 0 Å². The van der Waals surface area contributed by atoms with Crippen LogP contribution in [0.4, 0.5) is 28.2 Å². The Kier molecular flexibility index (Phi) is 4.31. The molecule has 2 saturated heterocycles. The van der Waals surface area contributed by atoms with E-state index in [9.17, 15) is 22.4 Å². The molecule has 10 heteroatoms. The molecule has 1 amide bonds. The highest BCUT2D eigenvalue weighted by atomic mass is 19.4. The first-order chi connectivity index (χ1) is 13.2. The number of anilines is 1. The first-order valence-corrected chi connectivity index (χ1v) is 8.89. The smallest absolute Gasteiger partial charge is 0.407 e. The van der Waals surface area contributed by atoms with Gasteiger partial charge in [-0.3, -0.25) is 0 Å². The second-order valence-electron chi connectivity index (χ2n) is 7.58. The minimum atomic E-state index is -4.51. The molecular formula is C18H18F4N4O2. The topological polar surface area (TPSA) is 69.6 Å². The molecule has 2 fully saturated rings. The third kappa shape index (κ3) is 3.43. The van der Waals surface area contributed by atoms with Crippen LogP contribution in [0, 0.1) is 11.2 Å². The number of piperidine rings is 1. The SMILES string of the molecule is O=C(O)N1CCC2(CC1)CN(c1ncnc3cc(F)c(CC(F)(F)F)cc13)C2. The van der Waals surface area contributed by atoms with E-state index in [0.29, 0.717) is 37.4 Å². The van der Waals surface area contributed by atoms with Crippen molar-refractivity contribution in [2.75, 3.05) is 31.1 Å². The fourth-order valence-electron chi connectivity index (χ4n) is 4.11. The number of hydrogen-bond acceptors (Lipinski definition) is 4. The maximum absolute atomic E-state index is 14.0. The highest BCUT2D eigenvalue weighted by Gasteiger charge is 2.46. The van der Waals surface area contributed by atoms with Crippen LogP contribution in [-0.4, -0.2) is 58.4 Å². The van der Waals surface area contributed by atoms with Gasteiger partial charge in [-0.05, 0) is 24.5 Å². The molecule has 2 aliphatic heterocycles. The van der Waals surface area contributed by atoms with Crippen LogP contribution in [-0.2, 0) is 6.42 Å². The predicted molar refractivity (Wildman–Crippen MR) is 92.7 cm³/mol. The number of hydrogen-bond donors (Lipinski definition) is 1. The Balaban J connectivity index is 1.57. The first-order valence-electron chi connectivity index (χ1n) is 8.89. The summed E-state index contributed by atoms with van der Waals surface area (Å²) < 4.78 is 52.2. The number of carbonyl (C=O) groups is 1. The van der Waals surface area contributed by atoms with E-state index in [1.807, 2.05) is 4.90 Å². The fourth-order valence-corrected chi connectivity index (χ4v) is 4.11. The number of likely N-dealkylation sites (tertiary alicyclic amines) is 1. The molecule has 1 N–H and O–H groups in total. The summed E-state index contributed by atoms with van der Waals surface area (Å²) in [5.74, 6) is -0.449. The first kappa shape index (κ1) is 18.7. The number of fused-ring (bicyclic) bond motifs is 1. The van der Waals surface area contributed by atoms with Gasteiger partial charge in [0.25, 0.3) is 0 Å². The van der Waals surface area contributed by atoms with Crippen molar-refractivity contribution >= 4 is 22.8 Å². The minimum absolute atomic E-state index is 0.0158. The van der Waals surface area contributed by atoms with Crippen molar-refractivity contribution in [3.8, 4) is 0 Å². The van der Waals surface area contributed by atoms with Crippen LogP contribution in [0.3, 0.4) is 0 Å². The highest BCUT2D eigenvalue weighted by molar-refractivity contribution is 5.90. The number of halogens is 4. The number of amides is 1. The van der Waals surface area contributed by atoms with Gasteiger partial charge >= 0.3 is 12.3 Å². The Bertz CT molecular complexity index is 918. The van der Waals surface area contributed by atoms with E-state index >= 15 is 0 Å². The molecule has 2 aliphatic rings. The van der Waals surface area contributed by atoms with E-state index in [2.05, 4.69) is 9.97 Å². The summed E-state index contributed by atoms with van der Waals surface area (Å²) in [6, 6.07) is 2.20. The third-order valence-corrected chi connectivity index (χ3v) is 5.62. The normalized spacial score (nSPS) is 19.1. The molecular weight excluding hydrogens is 380 g/mol. The van der Waals surface area contributed by atoms with Gasteiger partial charge in [0.1, 0.15) is 18.0 Å².